The number of hydrogen-bond acceptors (Lipinski definition) is 5. The molecule has 2 heterocycles. The first-order valence-corrected chi connectivity index (χ1v) is 10.2. The van der Waals surface area contributed by atoms with E-state index in [0.717, 1.165) is 18.4 Å². The lowest BCUT2D eigenvalue weighted by molar-refractivity contribution is -0.137. The van der Waals surface area contributed by atoms with Gasteiger partial charge in [0, 0.05) is 29.9 Å². The predicted molar refractivity (Wildman–Crippen MR) is 103 cm³/mol. The molecule has 1 fully saturated rings. The number of carbonyl (C=O) groups is 3. The molecule has 0 aliphatic carbocycles. The minimum atomic E-state index is -1.12. The lowest BCUT2D eigenvalue weighted by Crippen LogP contribution is -2.40. The van der Waals surface area contributed by atoms with Gasteiger partial charge in [0.25, 0.3) is 5.91 Å². The second-order valence-corrected chi connectivity index (χ2v) is 7.71. The highest BCUT2D eigenvalue weighted by molar-refractivity contribution is 7.99. The van der Waals surface area contributed by atoms with E-state index in [4.69, 9.17) is 4.74 Å². The average molecular weight is 389 g/mol. The van der Waals surface area contributed by atoms with Crippen LogP contribution in [0.5, 0.6) is 0 Å². The summed E-state index contributed by atoms with van der Waals surface area (Å²) in [6.07, 6.45) is 3.11. The SMILES string of the molecule is CSC1C(C(=O)c2ccccc2C)=C(CC(=O)O)C(=O)N1CC1CCCO1. The van der Waals surface area contributed by atoms with Crippen molar-refractivity contribution in [2.24, 2.45) is 0 Å². The number of carbonyl (C=O) groups excluding carboxylic acids is 2. The second-order valence-electron chi connectivity index (χ2n) is 6.79. The maximum atomic E-state index is 13.3. The normalized spacial score (nSPS) is 22.6. The number of carboxylic acid groups (broad SMARTS) is 1. The maximum absolute atomic E-state index is 13.3. The van der Waals surface area contributed by atoms with Gasteiger partial charge in [-0.3, -0.25) is 14.4 Å². The fourth-order valence-corrected chi connectivity index (χ4v) is 4.60. The van der Waals surface area contributed by atoms with E-state index in [-0.39, 0.29) is 23.4 Å². The number of aryl methyl sites for hydroxylation is 1. The van der Waals surface area contributed by atoms with Crippen molar-refractivity contribution >= 4 is 29.4 Å². The van der Waals surface area contributed by atoms with Crippen LogP contribution in [0.15, 0.2) is 35.4 Å². The van der Waals surface area contributed by atoms with Crippen molar-refractivity contribution in [1.82, 2.24) is 4.90 Å². The number of ether oxygens (including phenoxy) is 1. The molecule has 1 aromatic rings. The first kappa shape index (κ1) is 19.6. The lowest BCUT2D eigenvalue weighted by atomic mass is 9.95. The topological polar surface area (TPSA) is 83.9 Å². The Morgan fingerprint density at radius 1 is 1.33 bits per heavy atom. The third-order valence-corrected chi connectivity index (χ3v) is 5.92. The Kier molecular flexibility index (Phi) is 6.01. The highest BCUT2D eigenvalue weighted by Crippen LogP contribution is 2.37. The third kappa shape index (κ3) is 3.94. The number of amides is 1. The van der Waals surface area contributed by atoms with E-state index in [0.29, 0.717) is 24.3 Å². The van der Waals surface area contributed by atoms with Gasteiger partial charge in [-0.1, -0.05) is 24.3 Å². The van der Waals surface area contributed by atoms with Gasteiger partial charge in [0.05, 0.1) is 12.5 Å². The minimum Gasteiger partial charge on any atom is -0.481 e. The number of ketones is 1. The number of Topliss-reactive ketones (excluding diaryl/α,β-unsaturated/α-hetero) is 1. The van der Waals surface area contributed by atoms with Crippen molar-refractivity contribution < 1.29 is 24.2 Å². The largest absolute Gasteiger partial charge is 0.481 e. The van der Waals surface area contributed by atoms with Crippen LogP contribution in [0.2, 0.25) is 0 Å². The van der Waals surface area contributed by atoms with Crippen molar-refractivity contribution in [3.8, 4) is 0 Å². The van der Waals surface area contributed by atoms with Gasteiger partial charge in [-0.05, 0) is 31.6 Å². The lowest BCUT2D eigenvalue weighted by Gasteiger charge is -2.27. The molecule has 1 N–H and O–H groups in total. The molecule has 1 saturated heterocycles. The summed E-state index contributed by atoms with van der Waals surface area (Å²) >= 11 is 1.37. The van der Waals surface area contributed by atoms with Crippen molar-refractivity contribution in [2.75, 3.05) is 19.4 Å². The number of carboxylic acids is 1. The van der Waals surface area contributed by atoms with E-state index in [9.17, 15) is 19.5 Å². The van der Waals surface area contributed by atoms with E-state index in [1.807, 2.05) is 25.3 Å². The van der Waals surface area contributed by atoms with E-state index in [1.165, 1.54) is 11.8 Å². The van der Waals surface area contributed by atoms with Gasteiger partial charge >= 0.3 is 5.97 Å². The standard InChI is InChI=1S/C20H23NO5S/c1-12-6-3-4-8-14(12)18(24)17-15(10-16(22)23)19(25)21(20(17)27-2)11-13-7-5-9-26-13/h3-4,6,8,13,20H,5,7,9-11H2,1-2H3,(H,22,23). The zero-order chi connectivity index (χ0) is 19.6. The zero-order valence-electron chi connectivity index (χ0n) is 15.4. The van der Waals surface area contributed by atoms with Crippen molar-refractivity contribution in [2.45, 2.75) is 37.7 Å². The van der Waals surface area contributed by atoms with E-state index in [1.54, 1.807) is 17.0 Å². The Balaban J connectivity index is 2.00. The molecule has 1 aromatic carbocycles. The Hall–Kier alpha value is -2.12. The Morgan fingerprint density at radius 2 is 2.07 bits per heavy atom. The molecule has 2 atom stereocenters. The third-order valence-electron chi connectivity index (χ3n) is 4.98. The van der Waals surface area contributed by atoms with Gasteiger partial charge in [0.1, 0.15) is 5.37 Å². The molecule has 2 unspecified atom stereocenters. The van der Waals surface area contributed by atoms with Gasteiger partial charge < -0.3 is 14.7 Å². The molecule has 2 aliphatic heterocycles. The van der Waals surface area contributed by atoms with Gasteiger partial charge in [-0.15, -0.1) is 11.8 Å². The van der Waals surface area contributed by atoms with Crippen LogP contribution in [-0.4, -0.2) is 58.6 Å². The number of nitrogens with zero attached hydrogens (tertiary/aromatic N) is 1. The van der Waals surface area contributed by atoms with Crippen LogP contribution in [0.25, 0.3) is 0 Å². The summed E-state index contributed by atoms with van der Waals surface area (Å²) < 4.78 is 5.65. The summed E-state index contributed by atoms with van der Waals surface area (Å²) in [7, 11) is 0. The Morgan fingerprint density at radius 3 is 2.67 bits per heavy atom. The summed E-state index contributed by atoms with van der Waals surface area (Å²) in [5.74, 6) is -1.76. The minimum absolute atomic E-state index is 0.0670. The molecular formula is C20H23NO5S. The van der Waals surface area contributed by atoms with Crippen LogP contribution < -0.4 is 0 Å². The van der Waals surface area contributed by atoms with Crippen molar-refractivity contribution in [1.29, 1.82) is 0 Å². The molecular weight excluding hydrogens is 366 g/mol. The molecule has 0 aromatic heterocycles. The van der Waals surface area contributed by atoms with Crippen LogP contribution >= 0.6 is 11.8 Å². The molecule has 1 amide bonds. The van der Waals surface area contributed by atoms with Crippen LogP contribution in [0.1, 0.15) is 35.2 Å². The quantitative estimate of drug-likeness (QED) is 0.722. The van der Waals surface area contributed by atoms with Gasteiger partial charge in [0.2, 0.25) is 0 Å². The van der Waals surface area contributed by atoms with Crippen LogP contribution in [0.3, 0.4) is 0 Å². The number of aliphatic carboxylic acids is 1. The highest BCUT2D eigenvalue weighted by Gasteiger charge is 2.43. The van der Waals surface area contributed by atoms with Gasteiger partial charge in [-0.2, -0.15) is 0 Å². The second kappa shape index (κ2) is 8.27. The number of thioether (sulfide) groups is 1. The van der Waals surface area contributed by atoms with E-state index < -0.39 is 17.8 Å². The summed E-state index contributed by atoms with van der Waals surface area (Å²) in [5, 5.41) is 8.80. The summed E-state index contributed by atoms with van der Waals surface area (Å²) in [4.78, 5) is 39.3. The maximum Gasteiger partial charge on any atom is 0.308 e. The first-order valence-electron chi connectivity index (χ1n) is 8.94. The van der Waals surface area contributed by atoms with Crippen LogP contribution in [-0.2, 0) is 14.3 Å². The summed E-state index contributed by atoms with van der Waals surface area (Å²) in [6.45, 7) is 2.87. The number of hydrogen-bond donors (Lipinski definition) is 1. The molecule has 3 rings (SSSR count). The number of benzene rings is 1. The monoisotopic (exact) mass is 389 g/mol. The molecule has 0 bridgehead atoms. The van der Waals surface area contributed by atoms with Crippen LogP contribution in [0, 0.1) is 6.92 Å². The molecule has 27 heavy (non-hydrogen) atoms. The summed E-state index contributed by atoms with van der Waals surface area (Å²) in [6, 6.07) is 7.16. The van der Waals surface area contributed by atoms with E-state index in [2.05, 4.69) is 0 Å². The van der Waals surface area contributed by atoms with Crippen LogP contribution in [0.4, 0.5) is 0 Å². The molecule has 7 heteroatoms. The fraction of sp³-hybridized carbons (Fsp3) is 0.450. The Labute approximate surface area is 162 Å². The molecule has 0 saturated carbocycles. The smallest absolute Gasteiger partial charge is 0.308 e. The van der Waals surface area contributed by atoms with E-state index >= 15 is 0 Å². The van der Waals surface area contributed by atoms with Crippen molar-refractivity contribution in [3.05, 3.63) is 46.5 Å². The molecule has 0 spiro atoms. The van der Waals surface area contributed by atoms with Gasteiger partial charge in [0.15, 0.2) is 5.78 Å². The number of rotatable bonds is 7. The molecule has 0 radical (unpaired) electrons. The van der Waals surface area contributed by atoms with Crippen molar-refractivity contribution in [3.63, 3.8) is 0 Å². The molecule has 144 valence electrons. The highest BCUT2D eigenvalue weighted by atomic mass is 32.2. The molecule has 2 aliphatic rings. The first-order chi connectivity index (χ1) is 12.9. The molecule has 6 nitrogen and oxygen atoms in total. The zero-order valence-corrected chi connectivity index (χ0v) is 16.3. The Bertz CT molecular complexity index is 797. The van der Waals surface area contributed by atoms with Gasteiger partial charge in [-0.25, -0.2) is 0 Å². The average Bonchev–Trinajstić information content (AvgIpc) is 3.23. The summed E-state index contributed by atoms with van der Waals surface area (Å²) in [5.41, 5.74) is 1.69. The fourth-order valence-electron chi connectivity index (χ4n) is 3.68. The predicted octanol–water partition coefficient (Wildman–Crippen LogP) is 2.66.